The highest BCUT2D eigenvalue weighted by Crippen LogP contribution is 2.46. The summed E-state index contributed by atoms with van der Waals surface area (Å²) in [6.45, 7) is 2.25. The van der Waals surface area contributed by atoms with Crippen molar-refractivity contribution in [2.24, 2.45) is 23.7 Å². The third-order valence-corrected chi connectivity index (χ3v) is 7.77. The second-order valence-corrected chi connectivity index (χ2v) is 9.58. The monoisotopic (exact) mass is 401 g/mol. The van der Waals surface area contributed by atoms with Crippen molar-refractivity contribution in [3.63, 3.8) is 0 Å². The molecule has 3 aliphatic carbocycles. The molecule has 0 amide bonds. The average Bonchev–Trinajstić information content (AvgIpc) is 2.69. The second-order valence-electron chi connectivity index (χ2n) is 9.58. The van der Waals surface area contributed by atoms with Gasteiger partial charge in [-0.05, 0) is 69.1 Å². The Labute approximate surface area is 167 Å². The molecule has 162 valence electrons. The molecule has 3 fully saturated rings. The lowest BCUT2D eigenvalue weighted by Crippen LogP contribution is -2.40. The van der Waals surface area contributed by atoms with E-state index >= 15 is 0 Å². The summed E-state index contributed by atoms with van der Waals surface area (Å²) in [5.74, 6) is 1.56. The largest absolute Gasteiger partial charge is 0.358 e. The normalized spacial score (nSPS) is 37.5. The van der Waals surface area contributed by atoms with Crippen LogP contribution < -0.4 is 0 Å². The highest BCUT2D eigenvalue weighted by molar-refractivity contribution is 4.85. The van der Waals surface area contributed by atoms with Gasteiger partial charge in [0, 0.05) is 17.8 Å². The van der Waals surface area contributed by atoms with Crippen molar-refractivity contribution in [1.29, 1.82) is 0 Å². The van der Waals surface area contributed by atoms with Gasteiger partial charge in [0.15, 0.2) is 0 Å². The van der Waals surface area contributed by atoms with Crippen LogP contribution in [-0.2, 0) is 4.74 Å². The van der Waals surface area contributed by atoms with E-state index in [2.05, 4.69) is 6.92 Å². The first-order valence-corrected chi connectivity index (χ1v) is 11.6. The highest BCUT2D eigenvalue weighted by atomic mass is 19.3. The van der Waals surface area contributed by atoms with Crippen LogP contribution in [0.15, 0.2) is 0 Å². The van der Waals surface area contributed by atoms with Gasteiger partial charge in [0.25, 0.3) is 0 Å². The van der Waals surface area contributed by atoms with Crippen molar-refractivity contribution < 1.29 is 18.4 Å². The van der Waals surface area contributed by atoms with Crippen LogP contribution >= 0.6 is 0 Å². The summed E-state index contributed by atoms with van der Waals surface area (Å²) in [5, 5.41) is 10.8. The van der Waals surface area contributed by atoms with E-state index in [1.165, 1.54) is 38.5 Å². The number of ether oxygens (including phenoxy) is 1. The summed E-state index contributed by atoms with van der Waals surface area (Å²) in [6.07, 6.45) is 8.56. The van der Waals surface area contributed by atoms with Crippen molar-refractivity contribution in [2.45, 2.75) is 115 Å². The predicted molar refractivity (Wildman–Crippen MR) is 105 cm³/mol. The predicted octanol–water partition coefficient (Wildman–Crippen LogP) is 6.60. The van der Waals surface area contributed by atoms with E-state index in [0.29, 0.717) is 44.4 Å². The topological polar surface area (TPSA) is 52.4 Å². The Morgan fingerprint density at radius 1 is 0.893 bits per heavy atom. The minimum absolute atomic E-state index is 0.286. The fourth-order valence-corrected chi connectivity index (χ4v) is 5.98. The zero-order valence-electron chi connectivity index (χ0n) is 17.3. The SMILES string of the molecule is CCCC1CCC(C2CCC(C(F)(F)OC3CCC([N+](=O)[O-])CC3)CC2)CC1. The quantitative estimate of drug-likeness (QED) is 0.357. The van der Waals surface area contributed by atoms with E-state index in [-0.39, 0.29) is 4.92 Å². The number of rotatable bonds is 7. The maximum absolute atomic E-state index is 14.7. The van der Waals surface area contributed by atoms with Crippen LogP contribution in [0.25, 0.3) is 0 Å². The highest BCUT2D eigenvalue weighted by Gasteiger charge is 2.46. The molecule has 0 N–H and O–H groups in total. The maximum Gasteiger partial charge on any atom is 0.358 e. The number of hydrogen-bond donors (Lipinski definition) is 0. The molecule has 0 aliphatic heterocycles. The van der Waals surface area contributed by atoms with Crippen LogP contribution in [-0.4, -0.2) is 23.2 Å². The van der Waals surface area contributed by atoms with Crippen LogP contribution in [0, 0.1) is 33.8 Å². The summed E-state index contributed by atoms with van der Waals surface area (Å²) >= 11 is 0. The van der Waals surface area contributed by atoms with Crippen molar-refractivity contribution in [3.8, 4) is 0 Å². The van der Waals surface area contributed by atoms with Crippen molar-refractivity contribution >= 4 is 0 Å². The van der Waals surface area contributed by atoms with Crippen LogP contribution in [0.5, 0.6) is 0 Å². The van der Waals surface area contributed by atoms with Crippen molar-refractivity contribution in [2.75, 3.05) is 0 Å². The Bertz CT molecular complexity index is 492. The van der Waals surface area contributed by atoms with Crippen LogP contribution in [0.3, 0.4) is 0 Å². The molecule has 0 bridgehead atoms. The minimum Gasteiger partial charge on any atom is -0.317 e. The molecule has 0 atom stereocenters. The molecule has 4 nitrogen and oxygen atoms in total. The second kappa shape index (κ2) is 9.82. The Morgan fingerprint density at radius 2 is 1.43 bits per heavy atom. The molecule has 3 rings (SSSR count). The summed E-state index contributed by atoms with van der Waals surface area (Å²) < 4.78 is 34.6. The molecular formula is C22H37F2NO3. The lowest BCUT2D eigenvalue weighted by Gasteiger charge is -2.40. The van der Waals surface area contributed by atoms with Gasteiger partial charge in [-0.25, -0.2) is 0 Å². The molecule has 0 aromatic heterocycles. The van der Waals surface area contributed by atoms with Gasteiger partial charge in [0.1, 0.15) is 0 Å². The molecule has 0 radical (unpaired) electrons. The first-order chi connectivity index (χ1) is 13.4. The van der Waals surface area contributed by atoms with Crippen LogP contribution in [0.4, 0.5) is 8.78 Å². The molecule has 0 unspecified atom stereocenters. The van der Waals surface area contributed by atoms with Crippen LogP contribution in [0.2, 0.25) is 0 Å². The molecule has 6 heteroatoms. The Kier molecular flexibility index (Phi) is 7.68. The molecule has 0 aromatic rings. The molecule has 0 heterocycles. The molecule has 0 spiro atoms. The van der Waals surface area contributed by atoms with Crippen molar-refractivity contribution in [1.82, 2.24) is 0 Å². The molecule has 3 aliphatic rings. The summed E-state index contributed by atoms with van der Waals surface area (Å²) in [4.78, 5) is 10.5. The Balaban J connectivity index is 1.41. The van der Waals surface area contributed by atoms with Gasteiger partial charge in [0.05, 0.1) is 12.0 Å². The van der Waals surface area contributed by atoms with E-state index in [1.807, 2.05) is 0 Å². The number of nitro groups is 1. The zero-order valence-corrected chi connectivity index (χ0v) is 17.3. The lowest BCUT2D eigenvalue weighted by atomic mass is 9.68. The third kappa shape index (κ3) is 5.64. The number of hydrogen-bond acceptors (Lipinski definition) is 3. The third-order valence-electron chi connectivity index (χ3n) is 7.77. The van der Waals surface area contributed by atoms with Crippen LogP contribution in [0.1, 0.15) is 96.8 Å². The molecule has 28 heavy (non-hydrogen) atoms. The van der Waals surface area contributed by atoms with E-state index in [1.54, 1.807) is 0 Å². The smallest absolute Gasteiger partial charge is 0.317 e. The van der Waals surface area contributed by atoms with Gasteiger partial charge in [-0.15, -0.1) is 0 Å². The van der Waals surface area contributed by atoms with Gasteiger partial charge >= 0.3 is 6.11 Å². The fraction of sp³-hybridized carbons (Fsp3) is 1.00. The maximum atomic E-state index is 14.7. The van der Waals surface area contributed by atoms with Gasteiger partial charge in [-0.3, -0.25) is 10.1 Å². The zero-order chi connectivity index (χ0) is 20.1. The number of nitrogens with zero attached hydrogens (tertiary/aromatic N) is 1. The molecular weight excluding hydrogens is 364 g/mol. The van der Waals surface area contributed by atoms with Crippen molar-refractivity contribution in [3.05, 3.63) is 10.1 Å². The number of alkyl halides is 2. The van der Waals surface area contributed by atoms with Gasteiger partial charge in [0.2, 0.25) is 6.04 Å². The van der Waals surface area contributed by atoms with E-state index < -0.39 is 24.2 Å². The molecule has 0 saturated heterocycles. The minimum atomic E-state index is -3.09. The number of halogens is 2. The standard InChI is InChI=1S/C22H37F2NO3/c1-2-3-16-4-6-17(7-5-16)18-8-10-19(11-9-18)22(23,24)28-21-14-12-20(13-15-21)25(26)27/h16-21H,2-15H2,1H3. The van der Waals surface area contributed by atoms with E-state index in [4.69, 9.17) is 4.74 Å². The average molecular weight is 402 g/mol. The van der Waals surface area contributed by atoms with E-state index in [9.17, 15) is 18.9 Å². The summed E-state index contributed by atoms with van der Waals surface area (Å²) in [7, 11) is 0. The summed E-state index contributed by atoms with van der Waals surface area (Å²) in [5.41, 5.74) is 0. The van der Waals surface area contributed by atoms with Gasteiger partial charge in [-0.1, -0.05) is 32.6 Å². The van der Waals surface area contributed by atoms with Gasteiger partial charge < -0.3 is 4.74 Å². The Hall–Kier alpha value is -0.780. The lowest BCUT2D eigenvalue weighted by molar-refractivity contribution is -0.528. The summed E-state index contributed by atoms with van der Waals surface area (Å²) in [6, 6.07) is -0.587. The first-order valence-electron chi connectivity index (χ1n) is 11.6. The molecule has 3 saturated carbocycles. The first kappa shape index (κ1) is 21.9. The molecule has 0 aromatic carbocycles. The fourth-order valence-electron chi connectivity index (χ4n) is 5.98. The van der Waals surface area contributed by atoms with E-state index in [0.717, 1.165) is 24.7 Å². The van der Waals surface area contributed by atoms with Gasteiger partial charge in [-0.2, -0.15) is 8.78 Å². The Morgan fingerprint density at radius 3 is 1.93 bits per heavy atom.